The van der Waals surface area contributed by atoms with E-state index in [4.69, 9.17) is 0 Å². The van der Waals surface area contributed by atoms with Crippen LogP contribution in [0, 0.1) is 13.8 Å². The van der Waals surface area contributed by atoms with Crippen LogP contribution < -0.4 is 5.32 Å². The van der Waals surface area contributed by atoms with E-state index in [9.17, 15) is 40.9 Å². The molecule has 5 rings (SSSR count). The first kappa shape index (κ1) is 35.5. The molecule has 0 fully saturated rings. The Morgan fingerprint density at radius 2 is 1.32 bits per heavy atom. The molecule has 256 valence electrons. The fourth-order valence-corrected chi connectivity index (χ4v) is 6.42. The number of aliphatic hydroxyl groups is 1. The van der Waals surface area contributed by atoms with E-state index in [1.165, 1.54) is 13.0 Å². The molecule has 0 aliphatic rings. The van der Waals surface area contributed by atoms with Gasteiger partial charge in [-0.3, -0.25) is 13.9 Å². The largest absolute Gasteiger partial charge is 0.510 e. The number of nitrogens with zero attached hydrogens (tertiary/aromatic N) is 4. The second-order valence-electron chi connectivity index (χ2n) is 11.1. The standard InChI is InChI=1S/C34H29N5O9S2/c1-19-15-24(36-38-32(21(3)40)34(42)35-23-7-5-4-6-8-23)10-12-27(19)28-13-11-25(16-20(28)2)37-39-33-29(41)14-9-22-17-26(49(43,44)45)18-30(31(22)33)50(46,47)48/h4-18,40-41H,1-3H3,(H,35,42)(H,43,44,45)(H,46,47,48). The topological polar surface area (TPSA) is 228 Å². The van der Waals surface area contributed by atoms with Crippen molar-refractivity contribution in [1.82, 2.24) is 0 Å². The van der Waals surface area contributed by atoms with Gasteiger partial charge in [-0.25, -0.2) is 0 Å². The molecular weight excluding hydrogens is 687 g/mol. The van der Waals surface area contributed by atoms with Crippen molar-refractivity contribution in [1.29, 1.82) is 0 Å². The number of amides is 1. The molecule has 5 N–H and O–H groups in total. The molecule has 16 heteroatoms. The number of aromatic hydroxyl groups is 1. The third kappa shape index (κ3) is 7.90. The van der Waals surface area contributed by atoms with Gasteiger partial charge in [-0.2, -0.15) is 27.1 Å². The Bertz CT molecular complexity index is 2480. The molecule has 0 unspecified atom stereocenters. The molecule has 0 radical (unpaired) electrons. The van der Waals surface area contributed by atoms with Crippen LogP contribution in [0.5, 0.6) is 5.75 Å². The van der Waals surface area contributed by atoms with Crippen molar-refractivity contribution in [3.8, 4) is 16.9 Å². The fraction of sp³-hybridized carbons (Fsp3) is 0.0882. The summed E-state index contributed by atoms with van der Waals surface area (Å²) in [4.78, 5) is 11.0. The number of fused-ring (bicyclic) bond motifs is 1. The molecule has 0 bridgehead atoms. The number of azo groups is 2. The number of aryl methyl sites for hydroxylation is 2. The Kier molecular flexibility index (Phi) is 9.92. The number of allylic oxidation sites excluding steroid dienone is 1. The van der Waals surface area contributed by atoms with E-state index in [2.05, 4.69) is 25.8 Å². The maximum atomic E-state index is 12.7. The van der Waals surface area contributed by atoms with E-state index in [-0.39, 0.29) is 27.9 Å². The van der Waals surface area contributed by atoms with Gasteiger partial charge >= 0.3 is 0 Å². The molecule has 5 aromatic carbocycles. The van der Waals surface area contributed by atoms with Crippen LogP contribution in [-0.4, -0.2) is 42.1 Å². The van der Waals surface area contributed by atoms with Gasteiger partial charge < -0.3 is 15.5 Å². The summed E-state index contributed by atoms with van der Waals surface area (Å²) in [6, 6.07) is 23.0. The Morgan fingerprint density at radius 3 is 1.86 bits per heavy atom. The second-order valence-corrected chi connectivity index (χ2v) is 13.9. The van der Waals surface area contributed by atoms with Crippen LogP contribution in [-0.2, 0) is 25.0 Å². The smallest absolute Gasteiger partial charge is 0.295 e. The number of phenolic OH excluding ortho intramolecular Hbond substituents is 1. The number of rotatable bonds is 9. The highest BCUT2D eigenvalue weighted by atomic mass is 32.2. The number of para-hydroxylation sites is 1. The van der Waals surface area contributed by atoms with E-state index in [0.29, 0.717) is 23.1 Å². The van der Waals surface area contributed by atoms with Crippen molar-refractivity contribution in [2.24, 2.45) is 20.5 Å². The second kappa shape index (κ2) is 14.0. The zero-order chi connectivity index (χ0) is 36.4. The van der Waals surface area contributed by atoms with Crippen LogP contribution in [0.15, 0.2) is 133 Å². The zero-order valence-electron chi connectivity index (χ0n) is 26.6. The molecule has 0 saturated heterocycles. The first-order valence-electron chi connectivity index (χ1n) is 14.6. The molecule has 14 nitrogen and oxygen atoms in total. The predicted octanol–water partition coefficient (Wildman–Crippen LogP) is 8.25. The number of anilines is 1. The summed E-state index contributed by atoms with van der Waals surface area (Å²) < 4.78 is 67.2. The molecule has 0 aliphatic carbocycles. The first-order valence-corrected chi connectivity index (χ1v) is 17.5. The van der Waals surface area contributed by atoms with Gasteiger partial charge in [0, 0.05) is 11.1 Å². The number of aliphatic hydroxyl groups excluding tert-OH is 1. The summed E-state index contributed by atoms with van der Waals surface area (Å²) in [5, 5.41) is 39.2. The third-order valence-corrected chi connectivity index (χ3v) is 9.12. The number of nitrogens with one attached hydrogen (secondary N) is 1. The van der Waals surface area contributed by atoms with Crippen molar-refractivity contribution in [3.63, 3.8) is 0 Å². The summed E-state index contributed by atoms with van der Waals surface area (Å²) >= 11 is 0. The van der Waals surface area contributed by atoms with Crippen molar-refractivity contribution in [2.45, 2.75) is 30.6 Å². The Hall–Kier alpha value is -5.81. The molecule has 1 amide bonds. The molecule has 0 aliphatic heterocycles. The SMILES string of the molecule is CC(O)=C(N=Nc1ccc(-c2ccc(N=Nc3c(O)ccc4cc(S(=O)(=O)O)cc(S(=O)(=O)O)c34)cc2C)c(C)c1)C(=O)Nc1ccccc1. The van der Waals surface area contributed by atoms with Gasteiger partial charge in [-0.15, -0.1) is 10.2 Å². The zero-order valence-corrected chi connectivity index (χ0v) is 28.2. The first-order chi connectivity index (χ1) is 23.5. The maximum absolute atomic E-state index is 12.7. The number of carbonyl (C=O) groups excluding carboxylic acids is 1. The van der Waals surface area contributed by atoms with Crippen LogP contribution in [0.25, 0.3) is 21.9 Å². The monoisotopic (exact) mass is 715 g/mol. The van der Waals surface area contributed by atoms with Crippen LogP contribution in [0.2, 0.25) is 0 Å². The number of carbonyl (C=O) groups is 1. The van der Waals surface area contributed by atoms with Gasteiger partial charge in [0.1, 0.15) is 22.1 Å². The molecule has 0 spiro atoms. The molecule has 0 heterocycles. The minimum absolute atomic E-state index is 0.0568. The number of phenols is 1. The van der Waals surface area contributed by atoms with E-state index in [0.717, 1.165) is 34.4 Å². The normalized spacial score (nSPS) is 12.8. The number of benzene rings is 5. The average Bonchev–Trinajstić information content (AvgIpc) is 3.04. The lowest BCUT2D eigenvalue weighted by molar-refractivity contribution is -0.113. The Balaban J connectivity index is 1.42. The van der Waals surface area contributed by atoms with Gasteiger partial charge in [0.05, 0.1) is 16.3 Å². The summed E-state index contributed by atoms with van der Waals surface area (Å²) in [6.45, 7) is 5.03. The highest BCUT2D eigenvalue weighted by Gasteiger charge is 2.24. The summed E-state index contributed by atoms with van der Waals surface area (Å²) in [7, 11) is -9.89. The maximum Gasteiger partial charge on any atom is 0.295 e. The van der Waals surface area contributed by atoms with Gasteiger partial charge in [0.25, 0.3) is 26.1 Å². The van der Waals surface area contributed by atoms with Gasteiger partial charge in [-0.05, 0) is 103 Å². The molecule has 5 aromatic rings. The molecule has 50 heavy (non-hydrogen) atoms. The highest BCUT2D eigenvalue weighted by Crippen LogP contribution is 2.41. The van der Waals surface area contributed by atoms with Crippen molar-refractivity contribution >= 4 is 59.7 Å². The van der Waals surface area contributed by atoms with Gasteiger partial charge in [-0.1, -0.05) is 36.4 Å². The third-order valence-electron chi connectivity index (χ3n) is 7.41. The predicted molar refractivity (Wildman–Crippen MR) is 186 cm³/mol. The molecule has 0 saturated carbocycles. The molecule has 0 atom stereocenters. The number of hydrogen-bond donors (Lipinski definition) is 5. The minimum atomic E-state index is -5.04. The van der Waals surface area contributed by atoms with E-state index in [1.807, 2.05) is 19.9 Å². The lowest BCUT2D eigenvalue weighted by Crippen LogP contribution is -2.14. The summed E-state index contributed by atoms with van der Waals surface area (Å²) in [6.07, 6.45) is 0. The van der Waals surface area contributed by atoms with Crippen molar-refractivity contribution in [2.75, 3.05) is 5.32 Å². The van der Waals surface area contributed by atoms with E-state index in [1.54, 1.807) is 60.7 Å². The minimum Gasteiger partial charge on any atom is -0.510 e. The van der Waals surface area contributed by atoms with E-state index >= 15 is 0 Å². The van der Waals surface area contributed by atoms with Crippen LogP contribution >= 0.6 is 0 Å². The lowest BCUT2D eigenvalue weighted by Gasteiger charge is -2.11. The number of hydrogen-bond acceptors (Lipinski definition) is 11. The Labute approximate surface area is 286 Å². The fourth-order valence-electron chi connectivity index (χ4n) is 5.06. The molecular formula is C34H29N5O9S2. The van der Waals surface area contributed by atoms with Gasteiger partial charge in [0.15, 0.2) is 5.70 Å². The average molecular weight is 716 g/mol. The highest BCUT2D eigenvalue weighted by molar-refractivity contribution is 7.86. The van der Waals surface area contributed by atoms with Crippen molar-refractivity contribution in [3.05, 3.63) is 114 Å². The van der Waals surface area contributed by atoms with Crippen LogP contribution in [0.1, 0.15) is 18.1 Å². The lowest BCUT2D eigenvalue weighted by atomic mass is 9.96. The quantitative estimate of drug-likeness (QED) is 0.0427. The van der Waals surface area contributed by atoms with Crippen molar-refractivity contribution < 1.29 is 40.9 Å². The summed E-state index contributed by atoms with van der Waals surface area (Å²) in [5.74, 6) is -1.42. The molecule has 0 aromatic heterocycles. The van der Waals surface area contributed by atoms with E-state index < -0.39 is 41.7 Å². The van der Waals surface area contributed by atoms with Gasteiger partial charge in [0.2, 0.25) is 0 Å². The van der Waals surface area contributed by atoms with Crippen LogP contribution in [0.3, 0.4) is 0 Å². The summed E-state index contributed by atoms with van der Waals surface area (Å²) in [5.41, 5.74) is 3.96. The van der Waals surface area contributed by atoms with Crippen LogP contribution in [0.4, 0.5) is 22.7 Å². The Morgan fingerprint density at radius 1 is 0.720 bits per heavy atom.